The van der Waals surface area contributed by atoms with E-state index in [1.54, 1.807) is 36.8 Å². The van der Waals surface area contributed by atoms with Crippen molar-refractivity contribution >= 4 is 5.69 Å². The molecule has 1 atom stereocenters. The number of rotatable bonds is 9. The predicted octanol–water partition coefficient (Wildman–Crippen LogP) is 2.08. The van der Waals surface area contributed by atoms with Crippen molar-refractivity contribution in [3.8, 4) is 28.8 Å². The Morgan fingerprint density at radius 1 is 1.25 bits per heavy atom. The monoisotopic (exact) mass is 439 g/mol. The van der Waals surface area contributed by atoms with Crippen LogP contribution in [0.4, 0.5) is 5.69 Å². The second kappa shape index (κ2) is 9.83. The maximum absolute atomic E-state index is 12.5. The molecule has 1 aliphatic heterocycles. The van der Waals surface area contributed by atoms with Crippen LogP contribution in [0.15, 0.2) is 49.2 Å². The lowest BCUT2D eigenvalue weighted by molar-refractivity contribution is 0.121. The van der Waals surface area contributed by atoms with Crippen LogP contribution in [0.1, 0.15) is 13.3 Å². The number of ether oxygens (including phenoxy) is 3. The van der Waals surface area contributed by atoms with E-state index in [9.17, 15) is 10.3 Å². The summed E-state index contributed by atoms with van der Waals surface area (Å²) in [6, 6.07) is 5.25. The van der Waals surface area contributed by atoms with Crippen molar-refractivity contribution in [1.82, 2.24) is 25.4 Å². The van der Waals surface area contributed by atoms with Crippen molar-refractivity contribution in [3.63, 3.8) is 0 Å². The fourth-order valence-electron chi connectivity index (χ4n) is 3.14. The van der Waals surface area contributed by atoms with Gasteiger partial charge in [-0.15, -0.1) is 0 Å². The summed E-state index contributed by atoms with van der Waals surface area (Å²) < 4.78 is 16.6. The standard InChI is InChI=1S/C21H23N6O5/c1-2-31-18-4-3-6-23-20(18)32-17-8-15(9-22-12-17)19-24-10-16(11-25-19)27(29)26-21(13-28)5-7-30-14-21/h3-4,6,8-12,26,28H,2,5,7,13-14H2,1H3/q-1. The van der Waals surface area contributed by atoms with Gasteiger partial charge < -0.3 is 29.7 Å². The molecular formula is C21H23N6O5-. The minimum absolute atomic E-state index is 0.198. The van der Waals surface area contributed by atoms with Gasteiger partial charge in [0.15, 0.2) is 11.6 Å². The maximum Gasteiger partial charge on any atom is 0.262 e. The summed E-state index contributed by atoms with van der Waals surface area (Å²) in [6.45, 7) is 2.88. The molecule has 1 unspecified atom stereocenters. The molecule has 2 N–H and O–H groups in total. The Morgan fingerprint density at radius 3 is 2.81 bits per heavy atom. The van der Waals surface area contributed by atoms with Crippen LogP contribution in [-0.2, 0) is 4.74 Å². The highest BCUT2D eigenvalue weighted by Gasteiger charge is 2.34. The molecule has 11 nitrogen and oxygen atoms in total. The number of hydrogen-bond acceptors (Lipinski definition) is 11. The predicted molar refractivity (Wildman–Crippen MR) is 115 cm³/mol. The number of nitrogens with zero attached hydrogens (tertiary/aromatic N) is 5. The quantitative estimate of drug-likeness (QED) is 0.474. The lowest BCUT2D eigenvalue weighted by Gasteiger charge is -2.39. The molecule has 168 valence electrons. The second-order valence-corrected chi connectivity index (χ2v) is 7.16. The van der Waals surface area contributed by atoms with Gasteiger partial charge in [-0.1, -0.05) is 0 Å². The van der Waals surface area contributed by atoms with Crippen molar-refractivity contribution < 1.29 is 19.3 Å². The van der Waals surface area contributed by atoms with Gasteiger partial charge in [-0.25, -0.2) is 20.4 Å². The minimum Gasteiger partial charge on any atom is -0.743 e. The third-order valence-corrected chi connectivity index (χ3v) is 4.84. The summed E-state index contributed by atoms with van der Waals surface area (Å²) >= 11 is 0. The molecule has 3 aromatic rings. The number of pyridine rings is 2. The van der Waals surface area contributed by atoms with E-state index in [4.69, 9.17) is 14.2 Å². The highest BCUT2D eigenvalue weighted by Crippen LogP contribution is 2.30. The van der Waals surface area contributed by atoms with Gasteiger partial charge in [0.2, 0.25) is 0 Å². The highest BCUT2D eigenvalue weighted by molar-refractivity contribution is 5.57. The van der Waals surface area contributed by atoms with Crippen LogP contribution in [0.2, 0.25) is 0 Å². The Bertz CT molecular complexity index is 1030. The largest absolute Gasteiger partial charge is 0.743 e. The number of hydrogen-bond donors (Lipinski definition) is 2. The summed E-state index contributed by atoms with van der Waals surface area (Å²) in [6.07, 6.45) is 8.06. The molecule has 1 saturated heterocycles. The molecule has 0 aromatic carbocycles. The Hall–Kier alpha value is -3.38. The average molecular weight is 439 g/mol. The third-order valence-electron chi connectivity index (χ3n) is 4.84. The van der Waals surface area contributed by atoms with Gasteiger partial charge in [0.25, 0.3) is 5.88 Å². The molecule has 3 aromatic heterocycles. The summed E-state index contributed by atoms with van der Waals surface area (Å²) in [7, 11) is 0. The number of aromatic nitrogens is 4. The zero-order valence-corrected chi connectivity index (χ0v) is 17.5. The van der Waals surface area contributed by atoms with E-state index >= 15 is 0 Å². The van der Waals surface area contributed by atoms with Crippen LogP contribution in [0.25, 0.3) is 11.4 Å². The normalized spacial score (nSPS) is 17.8. The van der Waals surface area contributed by atoms with E-state index < -0.39 is 5.54 Å². The van der Waals surface area contributed by atoms with Gasteiger partial charge in [0.05, 0.1) is 49.6 Å². The van der Waals surface area contributed by atoms with E-state index in [-0.39, 0.29) is 18.9 Å². The van der Waals surface area contributed by atoms with Crippen LogP contribution in [0, 0.1) is 5.21 Å². The SMILES string of the molecule is CCOc1cccnc1Oc1cncc(-c2ncc(N([O-])NC3(CO)CCOC3)cn2)c1. The number of hydrazine groups is 1. The van der Waals surface area contributed by atoms with Crippen LogP contribution < -0.4 is 20.1 Å². The molecule has 0 radical (unpaired) electrons. The molecule has 0 spiro atoms. The molecule has 4 heterocycles. The van der Waals surface area contributed by atoms with Crippen LogP contribution >= 0.6 is 0 Å². The van der Waals surface area contributed by atoms with Gasteiger partial charge in [-0.2, -0.15) is 0 Å². The number of nitrogens with one attached hydrogen (secondary N) is 1. The molecule has 0 aliphatic carbocycles. The third kappa shape index (κ3) is 4.92. The van der Waals surface area contributed by atoms with Crippen molar-refractivity contribution in [2.75, 3.05) is 31.6 Å². The number of aliphatic hydroxyl groups is 1. The summed E-state index contributed by atoms with van der Waals surface area (Å²) in [4.78, 5) is 16.9. The molecule has 0 saturated carbocycles. The molecule has 1 aliphatic rings. The summed E-state index contributed by atoms with van der Waals surface area (Å²) in [5.74, 6) is 1.66. The first-order chi connectivity index (χ1) is 15.6. The van der Waals surface area contributed by atoms with Gasteiger partial charge >= 0.3 is 0 Å². The van der Waals surface area contributed by atoms with Crippen LogP contribution in [-0.4, -0.2) is 57.0 Å². The molecule has 32 heavy (non-hydrogen) atoms. The molecule has 4 rings (SSSR count). The lowest BCUT2D eigenvalue weighted by Crippen LogP contribution is -2.55. The Morgan fingerprint density at radius 2 is 2.09 bits per heavy atom. The fourth-order valence-corrected chi connectivity index (χ4v) is 3.14. The van der Waals surface area contributed by atoms with E-state index in [0.717, 1.165) is 0 Å². The number of aliphatic hydroxyl groups excluding tert-OH is 1. The lowest BCUT2D eigenvalue weighted by atomic mass is 10.0. The van der Waals surface area contributed by atoms with E-state index in [0.29, 0.717) is 53.6 Å². The van der Waals surface area contributed by atoms with Gasteiger partial charge in [-0.3, -0.25) is 4.98 Å². The molecule has 1 fully saturated rings. The first kappa shape index (κ1) is 21.8. The topological polar surface area (TPSA) is 138 Å². The first-order valence-electron chi connectivity index (χ1n) is 10.1. The minimum atomic E-state index is -0.804. The Balaban J connectivity index is 1.48. The van der Waals surface area contributed by atoms with Crippen molar-refractivity contribution in [2.24, 2.45) is 0 Å². The molecule has 11 heteroatoms. The van der Waals surface area contributed by atoms with Gasteiger partial charge in [-0.05, 0) is 31.5 Å². The van der Waals surface area contributed by atoms with E-state index in [1.807, 2.05) is 6.92 Å². The maximum atomic E-state index is 12.5. The van der Waals surface area contributed by atoms with Gasteiger partial charge in [0.1, 0.15) is 5.75 Å². The van der Waals surface area contributed by atoms with Gasteiger partial charge in [0, 0.05) is 24.6 Å². The fraction of sp³-hybridized carbons (Fsp3) is 0.333. The van der Waals surface area contributed by atoms with Crippen LogP contribution in [0.3, 0.4) is 0 Å². The van der Waals surface area contributed by atoms with Crippen LogP contribution in [0.5, 0.6) is 17.4 Å². The van der Waals surface area contributed by atoms with E-state index in [1.165, 1.54) is 12.4 Å². The highest BCUT2D eigenvalue weighted by atomic mass is 16.5. The molecular weight excluding hydrogens is 416 g/mol. The summed E-state index contributed by atoms with van der Waals surface area (Å²) in [5.41, 5.74) is 2.74. The molecule has 0 bridgehead atoms. The van der Waals surface area contributed by atoms with Crippen molar-refractivity contribution in [1.29, 1.82) is 0 Å². The smallest absolute Gasteiger partial charge is 0.262 e. The number of anilines is 1. The van der Waals surface area contributed by atoms with Crippen molar-refractivity contribution in [3.05, 3.63) is 54.4 Å². The zero-order valence-electron chi connectivity index (χ0n) is 17.5. The Labute approximate surface area is 184 Å². The average Bonchev–Trinajstić information content (AvgIpc) is 3.30. The zero-order chi connectivity index (χ0) is 22.4. The van der Waals surface area contributed by atoms with Crippen molar-refractivity contribution in [2.45, 2.75) is 18.9 Å². The van der Waals surface area contributed by atoms with E-state index in [2.05, 4.69) is 25.4 Å². The Kier molecular flexibility index (Phi) is 6.71. The molecule has 0 amide bonds. The summed E-state index contributed by atoms with van der Waals surface area (Å²) in [5, 5.41) is 22.6. The first-order valence-corrected chi connectivity index (χ1v) is 10.1. The second-order valence-electron chi connectivity index (χ2n) is 7.16.